The van der Waals surface area contributed by atoms with Crippen molar-refractivity contribution in [1.82, 2.24) is 9.88 Å². The van der Waals surface area contributed by atoms with Gasteiger partial charge in [-0.1, -0.05) is 66.7 Å². The standard InChI is InChI=1S/C32H35FN2O3/c1-21(2)35-29-12-8-7-11-28(29)32(24-13-15-25(33)16-14-24)30(35)18-17-26(36)19-27(37)20-31(38)34-22(3)23-9-5-4-6-10-23/h4-18,21-22,26-27,36-37H,19-20H2,1-3H3,(H,34,38)/t22-,26?,27?/m0/s1. The maximum Gasteiger partial charge on any atom is 0.223 e. The molecule has 4 aromatic rings. The van der Waals surface area contributed by atoms with Gasteiger partial charge in [-0.25, -0.2) is 4.39 Å². The van der Waals surface area contributed by atoms with Crippen molar-refractivity contribution < 1.29 is 19.4 Å². The second-order valence-electron chi connectivity index (χ2n) is 9.97. The number of carbonyl (C=O) groups is 1. The van der Waals surface area contributed by atoms with Gasteiger partial charge < -0.3 is 20.1 Å². The highest BCUT2D eigenvalue weighted by atomic mass is 19.1. The molecule has 0 aliphatic heterocycles. The number of nitrogens with zero attached hydrogens (tertiary/aromatic N) is 1. The smallest absolute Gasteiger partial charge is 0.223 e. The van der Waals surface area contributed by atoms with Crippen molar-refractivity contribution in [2.24, 2.45) is 0 Å². The average Bonchev–Trinajstić information content (AvgIpc) is 3.22. The molecule has 3 aromatic carbocycles. The molecule has 0 bridgehead atoms. The van der Waals surface area contributed by atoms with Gasteiger partial charge in [0.2, 0.25) is 5.91 Å². The number of hydrogen-bond donors (Lipinski definition) is 3. The molecule has 3 N–H and O–H groups in total. The van der Waals surface area contributed by atoms with Crippen LogP contribution in [0.4, 0.5) is 4.39 Å². The lowest BCUT2D eigenvalue weighted by atomic mass is 10.0. The van der Waals surface area contributed by atoms with Gasteiger partial charge in [0.15, 0.2) is 0 Å². The number of amides is 1. The maximum absolute atomic E-state index is 13.7. The molecule has 1 heterocycles. The Hall–Kier alpha value is -3.74. The van der Waals surface area contributed by atoms with Gasteiger partial charge in [0.25, 0.3) is 0 Å². The van der Waals surface area contributed by atoms with Gasteiger partial charge in [0.05, 0.1) is 24.7 Å². The van der Waals surface area contributed by atoms with Crippen LogP contribution in [0.5, 0.6) is 0 Å². The van der Waals surface area contributed by atoms with Crippen LogP contribution in [0, 0.1) is 5.82 Å². The van der Waals surface area contributed by atoms with Crippen LogP contribution in [0.25, 0.3) is 28.1 Å². The lowest BCUT2D eigenvalue weighted by molar-refractivity contribution is -0.123. The summed E-state index contributed by atoms with van der Waals surface area (Å²) in [5, 5.41) is 25.1. The molecule has 0 fully saturated rings. The minimum Gasteiger partial charge on any atom is -0.392 e. The molecule has 0 aliphatic carbocycles. The number of nitrogens with one attached hydrogen (secondary N) is 1. The predicted molar refractivity (Wildman–Crippen MR) is 151 cm³/mol. The van der Waals surface area contributed by atoms with E-state index in [0.29, 0.717) is 0 Å². The molecule has 0 aliphatic rings. The van der Waals surface area contributed by atoms with Crippen LogP contribution >= 0.6 is 0 Å². The van der Waals surface area contributed by atoms with E-state index in [4.69, 9.17) is 0 Å². The van der Waals surface area contributed by atoms with Crippen molar-refractivity contribution in [3.8, 4) is 11.1 Å². The number of benzene rings is 3. The normalized spacial score (nSPS) is 14.2. The number of aliphatic hydroxyl groups is 2. The molecular formula is C32H35FN2O3. The molecule has 0 spiro atoms. The van der Waals surface area contributed by atoms with Crippen molar-refractivity contribution in [3.63, 3.8) is 0 Å². The van der Waals surface area contributed by atoms with Crippen LogP contribution in [0.15, 0.2) is 84.9 Å². The van der Waals surface area contributed by atoms with E-state index in [9.17, 15) is 19.4 Å². The van der Waals surface area contributed by atoms with Crippen molar-refractivity contribution in [2.75, 3.05) is 0 Å². The second kappa shape index (κ2) is 12.2. The van der Waals surface area contributed by atoms with Gasteiger partial charge in [-0.2, -0.15) is 0 Å². The Kier molecular flexibility index (Phi) is 8.77. The monoisotopic (exact) mass is 514 g/mol. The Morgan fingerprint density at radius 1 is 0.947 bits per heavy atom. The third-order valence-electron chi connectivity index (χ3n) is 6.69. The fourth-order valence-electron chi connectivity index (χ4n) is 4.91. The van der Waals surface area contributed by atoms with E-state index in [-0.39, 0.29) is 36.6 Å². The Balaban J connectivity index is 1.51. The number of halogens is 1. The first-order chi connectivity index (χ1) is 18.2. The number of para-hydroxylation sites is 1. The molecule has 3 atom stereocenters. The van der Waals surface area contributed by atoms with Gasteiger partial charge in [-0.3, -0.25) is 4.79 Å². The van der Waals surface area contributed by atoms with E-state index in [0.717, 1.165) is 33.3 Å². The minimum absolute atomic E-state index is 0.0252. The van der Waals surface area contributed by atoms with Gasteiger partial charge in [-0.05, 0) is 56.2 Å². The summed E-state index contributed by atoms with van der Waals surface area (Å²) in [5.41, 5.74) is 4.74. The zero-order chi connectivity index (χ0) is 27.2. The Morgan fingerprint density at radius 3 is 2.29 bits per heavy atom. The summed E-state index contributed by atoms with van der Waals surface area (Å²) in [6, 6.07) is 24.0. The summed E-state index contributed by atoms with van der Waals surface area (Å²) in [6.45, 7) is 6.07. The van der Waals surface area contributed by atoms with Gasteiger partial charge >= 0.3 is 0 Å². The molecular weight excluding hydrogens is 479 g/mol. The van der Waals surface area contributed by atoms with Crippen LogP contribution in [0.3, 0.4) is 0 Å². The summed E-state index contributed by atoms with van der Waals surface area (Å²) in [6.07, 6.45) is 1.47. The van der Waals surface area contributed by atoms with Crippen molar-refractivity contribution in [3.05, 3.63) is 102 Å². The highest BCUT2D eigenvalue weighted by molar-refractivity contribution is 6.01. The third kappa shape index (κ3) is 6.39. The topological polar surface area (TPSA) is 74.5 Å². The Labute approximate surface area is 223 Å². The van der Waals surface area contributed by atoms with Crippen molar-refractivity contribution in [1.29, 1.82) is 0 Å². The molecule has 4 rings (SSSR count). The fourth-order valence-corrected chi connectivity index (χ4v) is 4.91. The number of hydrogen-bond acceptors (Lipinski definition) is 3. The average molecular weight is 515 g/mol. The summed E-state index contributed by atoms with van der Waals surface area (Å²) < 4.78 is 15.9. The predicted octanol–water partition coefficient (Wildman–Crippen LogP) is 6.42. The zero-order valence-corrected chi connectivity index (χ0v) is 22.0. The molecule has 0 saturated heterocycles. The quantitative estimate of drug-likeness (QED) is 0.229. The number of fused-ring (bicyclic) bond motifs is 1. The Morgan fingerprint density at radius 2 is 1.61 bits per heavy atom. The van der Waals surface area contributed by atoms with Crippen LogP contribution in [-0.4, -0.2) is 32.9 Å². The zero-order valence-electron chi connectivity index (χ0n) is 22.0. The van der Waals surface area contributed by atoms with Gasteiger partial charge in [0, 0.05) is 34.6 Å². The van der Waals surface area contributed by atoms with E-state index in [1.807, 2.05) is 61.5 Å². The number of rotatable bonds is 10. The van der Waals surface area contributed by atoms with E-state index in [1.54, 1.807) is 18.2 Å². The number of aromatic nitrogens is 1. The fraction of sp³-hybridized carbons (Fsp3) is 0.281. The molecule has 0 saturated carbocycles. The Bertz CT molecular complexity index is 1390. The van der Waals surface area contributed by atoms with Gasteiger partial charge in [0.1, 0.15) is 5.82 Å². The second-order valence-corrected chi connectivity index (χ2v) is 9.97. The van der Waals surface area contributed by atoms with E-state index in [2.05, 4.69) is 29.8 Å². The van der Waals surface area contributed by atoms with Crippen molar-refractivity contribution >= 4 is 22.9 Å². The highest BCUT2D eigenvalue weighted by Crippen LogP contribution is 2.38. The van der Waals surface area contributed by atoms with Gasteiger partial charge in [-0.15, -0.1) is 0 Å². The molecule has 1 amide bonds. The maximum atomic E-state index is 13.7. The van der Waals surface area contributed by atoms with Crippen LogP contribution in [-0.2, 0) is 4.79 Å². The molecule has 5 nitrogen and oxygen atoms in total. The molecule has 6 heteroatoms. The largest absolute Gasteiger partial charge is 0.392 e. The summed E-state index contributed by atoms with van der Waals surface area (Å²) in [4.78, 5) is 12.4. The molecule has 2 unspecified atom stereocenters. The summed E-state index contributed by atoms with van der Waals surface area (Å²) in [5.74, 6) is -0.575. The number of carbonyl (C=O) groups excluding carboxylic acids is 1. The van der Waals surface area contributed by atoms with E-state index in [1.165, 1.54) is 12.1 Å². The molecule has 0 radical (unpaired) electrons. The first kappa shape index (κ1) is 27.3. The summed E-state index contributed by atoms with van der Waals surface area (Å²) in [7, 11) is 0. The molecule has 198 valence electrons. The molecule has 38 heavy (non-hydrogen) atoms. The van der Waals surface area contributed by atoms with Crippen LogP contribution in [0.2, 0.25) is 0 Å². The van der Waals surface area contributed by atoms with Crippen LogP contribution < -0.4 is 5.32 Å². The SMILES string of the molecule is CC(C)n1c(C=CC(O)CC(O)CC(=O)N[C@@H](C)c2ccccc2)c(-c2ccc(F)cc2)c2ccccc21. The first-order valence-electron chi connectivity index (χ1n) is 13.0. The third-order valence-corrected chi connectivity index (χ3v) is 6.69. The summed E-state index contributed by atoms with van der Waals surface area (Å²) >= 11 is 0. The minimum atomic E-state index is -0.995. The van der Waals surface area contributed by atoms with Crippen LogP contribution in [0.1, 0.15) is 57.0 Å². The lowest BCUT2D eigenvalue weighted by Crippen LogP contribution is -2.31. The number of aliphatic hydroxyl groups excluding tert-OH is 2. The lowest BCUT2D eigenvalue weighted by Gasteiger charge is -2.17. The highest BCUT2D eigenvalue weighted by Gasteiger charge is 2.20. The van der Waals surface area contributed by atoms with E-state index < -0.39 is 12.2 Å². The van der Waals surface area contributed by atoms with Crippen molar-refractivity contribution in [2.45, 2.75) is 57.9 Å². The van der Waals surface area contributed by atoms with E-state index >= 15 is 0 Å². The molecule has 1 aromatic heterocycles. The first-order valence-corrected chi connectivity index (χ1v) is 13.0.